The van der Waals surface area contributed by atoms with Gasteiger partial charge in [0.25, 0.3) is 5.69 Å². The summed E-state index contributed by atoms with van der Waals surface area (Å²) in [6, 6.07) is 4.67. The molecule has 0 aliphatic rings. The fourth-order valence-electron chi connectivity index (χ4n) is 2.73. The van der Waals surface area contributed by atoms with Crippen LogP contribution in [0, 0.1) is 16.0 Å². The highest BCUT2D eigenvalue weighted by atomic mass is 16.6. The minimum Gasteiger partial charge on any atom is -0.378 e. The van der Waals surface area contributed by atoms with Gasteiger partial charge >= 0.3 is 0 Å². The van der Waals surface area contributed by atoms with Crippen molar-refractivity contribution in [1.29, 1.82) is 0 Å². The van der Waals surface area contributed by atoms with Gasteiger partial charge in [0.1, 0.15) is 5.69 Å². The van der Waals surface area contributed by atoms with Crippen molar-refractivity contribution in [3.63, 3.8) is 0 Å². The second-order valence-corrected chi connectivity index (χ2v) is 6.27. The number of hydrogen-bond acceptors (Lipinski definition) is 5. The van der Waals surface area contributed by atoms with Gasteiger partial charge in [0.2, 0.25) is 0 Å². The summed E-state index contributed by atoms with van der Waals surface area (Å²) in [5.41, 5.74) is 0.657. The zero-order valence-electron chi connectivity index (χ0n) is 15.2. The number of nitrogens with zero attached hydrogens (tertiary/aromatic N) is 2. The van der Waals surface area contributed by atoms with Crippen molar-refractivity contribution in [2.45, 2.75) is 26.8 Å². The number of ketones is 1. The molecular formula is C19H27N3O3. The molecule has 0 radical (unpaired) electrons. The Hall–Kier alpha value is -2.47. The molecule has 1 rings (SSSR count). The van der Waals surface area contributed by atoms with Crippen molar-refractivity contribution in [3.05, 3.63) is 59.2 Å². The van der Waals surface area contributed by atoms with Gasteiger partial charge in [-0.05, 0) is 25.0 Å². The third kappa shape index (κ3) is 5.83. The Morgan fingerprint density at radius 3 is 2.36 bits per heavy atom. The first-order chi connectivity index (χ1) is 11.8. The number of rotatable bonds is 11. The monoisotopic (exact) mass is 345 g/mol. The number of carbonyl (C=O) groups excluding carboxylic acids is 1. The Bertz CT molecular complexity index is 631. The summed E-state index contributed by atoms with van der Waals surface area (Å²) < 4.78 is 0. The topological polar surface area (TPSA) is 75.5 Å². The summed E-state index contributed by atoms with van der Waals surface area (Å²) in [5.74, 6) is 0.140. The molecule has 1 N–H and O–H groups in total. The molecule has 25 heavy (non-hydrogen) atoms. The molecule has 0 saturated carbocycles. The van der Waals surface area contributed by atoms with Crippen molar-refractivity contribution in [1.82, 2.24) is 4.90 Å². The van der Waals surface area contributed by atoms with E-state index in [0.29, 0.717) is 36.8 Å². The second kappa shape index (κ2) is 9.74. The van der Waals surface area contributed by atoms with Gasteiger partial charge in [-0.1, -0.05) is 26.0 Å². The fourth-order valence-corrected chi connectivity index (χ4v) is 2.73. The lowest BCUT2D eigenvalue weighted by Gasteiger charge is -2.33. The predicted octanol–water partition coefficient (Wildman–Crippen LogP) is 3.91. The van der Waals surface area contributed by atoms with E-state index in [0.717, 1.165) is 0 Å². The quantitative estimate of drug-likeness (QED) is 0.285. The minimum absolute atomic E-state index is 0.0887. The van der Waals surface area contributed by atoms with Crippen molar-refractivity contribution >= 4 is 17.2 Å². The number of benzene rings is 1. The summed E-state index contributed by atoms with van der Waals surface area (Å²) >= 11 is 0. The normalized spacial score (nSPS) is 12.0. The van der Waals surface area contributed by atoms with Crippen molar-refractivity contribution < 1.29 is 9.72 Å². The van der Waals surface area contributed by atoms with Gasteiger partial charge in [-0.15, -0.1) is 13.2 Å². The van der Waals surface area contributed by atoms with E-state index in [2.05, 4.69) is 37.2 Å². The van der Waals surface area contributed by atoms with Crippen LogP contribution in [0.1, 0.15) is 31.1 Å². The van der Waals surface area contributed by atoms with E-state index in [-0.39, 0.29) is 17.5 Å². The molecule has 1 aromatic rings. The van der Waals surface area contributed by atoms with Gasteiger partial charge in [0.15, 0.2) is 5.78 Å². The molecule has 1 atom stereocenters. The molecule has 1 unspecified atom stereocenters. The molecule has 0 bridgehead atoms. The van der Waals surface area contributed by atoms with Crippen LogP contribution in [0.15, 0.2) is 43.5 Å². The molecule has 0 amide bonds. The van der Waals surface area contributed by atoms with Gasteiger partial charge in [0.05, 0.1) is 4.92 Å². The van der Waals surface area contributed by atoms with Crippen molar-refractivity contribution in [2.24, 2.45) is 5.92 Å². The number of carbonyl (C=O) groups is 1. The number of nitro groups is 1. The van der Waals surface area contributed by atoms with Crippen LogP contribution in [0.25, 0.3) is 0 Å². The summed E-state index contributed by atoms with van der Waals surface area (Å²) in [6.07, 6.45) is 3.67. The van der Waals surface area contributed by atoms with Crippen LogP contribution >= 0.6 is 0 Å². The maximum atomic E-state index is 11.5. The average Bonchev–Trinajstić information content (AvgIpc) is 2.54. The standard InChI is InChI=1S/C19H27N3O3/c1-6-10-21(11-7-2)19(14(3)4)13-20-17-9-8-16(15(5)23)12-18(17)22(24)25/h6-9,12,14,19-20H,1-2,10-11,13H2,3-5H3. The number of anilines is 1. The van der Waals surface area contributed by atoms with Crippen LogP contribution in [0.5, 0.6) is 0 Å². The maximum absolute atomic E-state index is 11.5. The molecule has 0 spiro atoms. The third-order valence-electron chi connectivity index (χ3n) is 4.07. The zero-order chi connectivity index (χ0) is 19.0. The molecule has 0 saturated heterocycles. The molecule has 6 heteroatoms. The lowest BCUT2D eigenvalue weighted by atomic mass is 10.0. The number of nitrogens with one attached hydrogen (secondary N) is 1. The van der Waals surface area contributed by atoms with E-state index in [1.165, 1.54) is 13.0 Å². The van der Waals surface area contributed by atoms with Crippen molar-refractivity contribution in [3.8, 4) is 0 Å². The maximum Gasteiger partial charge on any atom is 0.293 e. The van der Waals surface area contributed by atoms with Crippen LogP contribution in [-0.2, 0) is 0 Å². The molecule has 0 heterocycles. The van der Waals surface area contributed by atoms with Crippen LogP contribution in [0.2, 0.25) is 0 Å². The van der Waals surface area contributed by atoms with E-state index in [4.69, 9.17) is 0 Å². The molecule has 0 aliphatic carbocycles. The van der Waals surface area contributed by atoms with Crippen molar-refractivity contribution in [2.75, 3.05) is 25.0 Å². The highest BCUT2D eigenvalue weighted by molar-refractivity contribution is 5.95. The van der Waals surface area contributed by atoms with Gasteiger partial charge in [0, 0.05) is 37.3 Å². The first-order valence-corrected chi connectivity index (χ1v) is 8.30. The Morgan fingerprint density at radius 2 is 1.92 bits per heavy atom. The Balaban J connectivity index is 3.02. The van der Waals surface area contributed by atoms with Gasteiger partial charge in [-0.2, -0.15) is 0 Å². The number of nitro benzene ring substituents is 1. The highest BCUT2D eigenvalue weighted by Crippen LogP contribution is 2.26. The SMILES string of the molecule is C=CCN(CC=C)C(CNc1ccc(C(C)=O)cc1[N+](=O)[O-])C(C)C. The van der Waals surface area contributed by atoms with Gasteiger partial charge < -0.3 is 5.32 Å². The fraction of sp³-hybridized carbons (Fsp3) is 0.421. The summed E-state index contributed by atoms with van der Waals surface area (Å²) in [6.45, 7) is 15.2. The highest BCUT2D eigenvalue weighted by Gasteiger charge is 2.22. The van der Waals surface area contributed by atoms with E-state index >= 15 is 0 Å². The van der Waals surface area contributed by atoms with Gasteiger partial charge in [-0.3, -0.25) is 19.8 Å². The molecule has 0 aliphatic heterocycles. The average molecular weight is 345 g/mol. The molecule has 0 aromatic heterocycles. The lowest BCUT2D eigenvalue weighted by Crippen LogP contribution is -2.43. The smallest absolute Gasteiger partial charge is 0.293 e. The molecule has 1 aromatic carbocycles. The lowest BCUT2D eigenvalue weighted by molar-refractivity contribution is -0.384. The molecular weight excluding hydrogens is 318 g/mol. The Morgan fingerprint density at radius 1 is 1.32 bits per heavy atom. The molecule has 6 nitrogen and oxygen atoms in total. The second-order valence-electron chi connectivity index (χ2n) is 6.27. The summed E-state index contributed by atoms with van der Waals surface area (Å²) in [4.78, 5) is 24.5. The number of Topliss-reactive ketones (excluding diaryl/α,β-unsaturated/α-hetero) is 1. The first-order valence-electron chi connectivity index (χ1n) is 8.30. The first kappa shape index (κ1) is 20.6. The van der Waals surface area contributed by atoms with Crippen LogP contribution < -0.4 is 5.32 Å². The third-order valence-corrected chi connectivity index (χ3v) is 4.07. The zero-order valence-corrected chi connectivity index (χ0v) is 15.2. The Kier molecular flexibility index (Phi) is 8.01. The van der Waals surface area contributed by atoms with E-state index < -0.39 is 4.92 Å². The van der Waals surface area contributed by atoms with E-state index in [9.17, 15) is 14.9 Å². The summed E-state index contributed by atoms with van der Waals surface area (Å²) in [5, 5.41) is 14.5. The summed E-state index contributed by atoms with van der Waals surface area (Å²) in [7, 11) is 0. The van der Waals surface area contributed by atoms with Crippen LogP contribution in [0.4, 0.5) is 11.4 Å². The number of hydrogen-bond donors (Lipinski definition) is 1. The van der Waals surface area contributed by atoms with E-state index in [1.807, 2.05) is 12.2 Å². The van der Waals surface area contributed by atoms with Crippen LogP contribution in [-0.4, -0.2) is 41.3 Å². The van der Waals surface area contributed by atoms with Crippen LogP contribution in [0.3, 0.4) is 0 Å². The predicted molar refractivity (Wildman–Crippen MR) is 102 cm³/mol. The van der Waals surface area contributed by atoms with Gasteiger partial charge in [-0.25, -0.2) is 0 Å². The molecule has 136 valence electrons. The Labute approximate surface area is 149 Å². The van der Waals surface area contributed by atoms with E-state index in [1.54, 1.807) is 12.1 Å². The minimum atomic E-state index is -0.468. The molecule has 0 fully saturated rings. The largest absolute Gasteiger partial charge is 0.378 e.